The van der Waals surface area contributed by atoms with E-state index in [-0.39, 0.29) is 19.3 Å². The fourth-order valence-corrected chi connectivity index (χ4v) is 8.18. The minimum atomic E-state index is -0.894. The maximum absolute atomic E-state index is 12.5. The molecular weight excluding hydrogens is 996 g/mol. The van der Waals surface area contributed by atoms with Crippen LogP contribution in [-0.4, -0.2) is 45.8 Å². The van der Waals surface area contributed by atoms with Crippen molar-refractivity contribution >= 4 is 49.0 Å². The quantitative estimate of drug-likeness (QED) is 0.0637. The van der Waals surface area contributed by atoms with Crippen LogP contribution in [0, 0.1) is 11.8 Å². The number of Topliss-reactive ketones (excluding diaryl/α,β-unsaturated/α-hetero) is 1. The van der Waals surface area contributed by atoms with Gasteiger partial charge in [0.25, 0.3) is 0 Å². The van der Waals surface area contributed by atoms with Gasteiger partial charge >= 0.3 is 5.97 Å². The number of rotatable bonds is 14. The van der Waals surface area contributed by atoms with E-state index in [2.05, 4.69) is 97.9 Å². The van der Waals surface area contributed by atoms with Crippen molar-refractivity contribution in [2.75, 3.05) is 6.54 Å². The number of fused-ring (bicyclic) bond motifs is 2. The van der Waals surface area contributed by atoms with Crippen molar-refractivity contribution in [1.29, 1.82) is 0 Å². The van der Waals surface area contributed by atoms with E-state index < -0.39 is 12.1 Å². The third kappa shape index (κ3) is 15.9. The molecule has 0 amide bonds. The summed E-state index contributed by atoms with van der Waals surface area (Å²) in [6.45, 7) is 0.389. The second kappa shape index (κ2) is 27.1. The standard InChI is InChI=1S/C27H28O2.C13H19NO.C13H10O2.CH4.I2/c28-26(15-10-20-18-24-8-4-5-9-25(24)19-20)16-17-27(29)23-13-11-22(12-14-23)21-6-2-1-3-7-21;14-9-13(15)6-5-10-7-11-3-1-2-4-12(11)8-10;14-13(15)12-8-6-11(7-9-12)10-4-2-1-3-5-10;;1-2/h1-9,11-14,20,26,28H,10,15-19H2;1-4,10,13,15H,5-9,14H2;1-9H,(H,14,15);1H4;. The summed E-state index contributed by atoms with van der Waals surface area (Å²) in [5.41, 5.74) is 16.7. The monoisotopic (exact) mass is 1060 g/mol. The Balaban J connectivity index is 0.000000217. The maximum Gasteiger partial charge on any atom is 0.335 e. The van der Waals surface area contributed by atoms with Crippen LogP contribution in [0.15, 0.2) is 158 Å². The van der Waals surface area contributed by atoms with Gasteiger partial charge in [0.2, 0.25) is 0 Å². The lowest BCUT2D eigenvalue weighted by Crippen LogP contribution is -2.20. The normalized spacial score (nSPS) is 13.6. The van der Waals surface area contributed by atoms with Gasteiger partial charge in [-0.2, -0.15) is 0 Å². The van der Waals surface area contributed by atoms with Crippen molar-refractivity contribution in [2.24, 2.45) is 17.6 Å². The van der Waals surface area contributed by atoms with Crippen LogP contribution in [-0.2, 0) is 25.7 Å². The number of carbonyl (C=O) groups excluding carboxylic acids is 1. The van der Waals surface area contributed by atoms with Crippen LogP contribution >= 0.6 is 37.2 Å². The number of aliphatic hydroxyl groups excluding tert-OH is 2. The van der Waals surface area contributed by atoms with Gasteiger partial charge in [-0.25, -0.2) is 4.79 Å². The lowest BCUT2D eigenvalue weighted by Gasteiger charge is -2.13. The number of aliphatic hydroxyl groups is 2. The summed E-state index contributed by atoms with van der Waals surface area (Å²) in [5.74, 6) is 0.554. The Kier molecular flexibility index (Phi) is 22.0. The van der Waals surface area contributed by atoms with Crippen LogP contribution in [0.2, 0.25) is 0 Å². The molecule has 6 nitrogen and oxygen atoms in total. The van der Waals surface area contributed by atoms with Crippen LogP contribution in [0.25, 0.3) is 22.3 Å². The molecular formula is C54H61I2NO5. The van der Waals surface area contributed by atoms with Crippen molar-refractivity contribution in [3.8, 4) is 22.3 Å². The summed E-state index contributed by atoms with van der Waals surface area (Å²) in [5, 5.41) is 28.5. The van der Waals surface area contributed by atoms with Crippen LogP contribution in [0.5, 0.6) is 0 Å². The number of carboxylic acid groups (broad SMARTS) is 1. The highest BCUT2D eigenvalue weighted by atomic mass is 128. The zero-order valence-electron chi connectivity index (χ0n) is 34.6. The number of benzene rings is 6. The molecule has 8 rings (SSSR count). The highest BCUT2D eigenvalue weighted by Gasteiger charge is 2.23. The van der Waals surface area contributed by atoms with Gasteiger partial charge in [0.1, 0.15) is 0 Å². The topological polar surface area (TPSA) is 121 Å². The Bertz CT molecular complexity index is 2160. The van der Waals surface area contributed by atoms with E-state index in [9.17, 15) is 19.8 Å². The molecule has 6 aromatic rings. The number of carboxylic acids is 1. The van der Waals surface area contributed by atoms with Gasteiger partial charge in [-0.15, -0.1) is 0 Å². The molecule has 0 aromatic heterocycles. The molecule has 2 aliphatic rings. The van der Waals surface area contributed by atoms with E-state index in [1.54, 1.807) is 12.1 Å². The number of ketones is 1. The second-order valence-electron chi connectivity index (χ2n) is 15.9. The molecule has 0 heterocycles. The molecule has 0 bridgehead atoms. The number of nitrogens with two attached hydrogens (primary N) is 1. The van der Waals surface area contributed by atoms with Crippen molar-refractivity contribution < 1.29 is 24.9 Å². The molecule has 0 spiro atoms. The molecule has 0 saturated carbocycles. The molecule has 6 aromatic carbocycles. The van der Waals surface area contributed by atoms with E-state index in [1.807, 2.05) is 84.9 Å². The summed E-state index contributed by atoms with van der Waals surface area (Å²) >= 11 is 4.24. The minimum absolute atomic E-state index is 0. The summed E-state index contributed by atoms with van der Waals surface area (Å²) in [7, 11) is 0. The van der Waals surface area contributed by atoms with Crippen molar-refractivity contribution in [2.45, 2.75) is 83.8 Å². The van der Waals surface area contributed by atoms with Gasteiger partial charge in [-0.05, 0) is 126 Å². The Morgan fingerprint density at radius 1 is 0.500 bits per heavy atom. The van der Waals surface area contributed by atoms with Gasteiger partial charge in [0.05, 0.1) is 17.8 Å². The highest BCUT2D eigenvalue weighted by Crippen LogP contribution is 2.31. The van der Waals surface area contributed by atoms with E-state index in [0.29, 0.717) is 36.8 Å². The lowest BCUT2D eigenvalue weighted by molar-refractivity contribution is 0.0696. The number of carbonyl (C=O) groups is 2. The molecule has 62 heavy (non-hydrogen) atoms. The molecule has 326 valence electrons. The molecule has 2 unspecified atom stereocenters. The Morgan fingerprint density at radius 3 is 1.21 bits per heavy atom. The van der Waals surface area contributed by atoms with Gasteiger partial charge in [-0.3, -0.25) is 4.79 Å². The first-order chi connectivity index (χ1) is 29.7. The molecule has 0 aliphatic heterocycles. The van der Waals surface area contributed by atoms with Crippen molar-refractivity contribution in [3.05, 3.63) is 191 Å². The molecule has 8 heteroatoms. The SMILES string of the molecule is C.II.NCC(O)CCC1Cc2ccccc2C1.O=C(CCC(O)CCC1Cc2ccccc2C1)c1ccc(-c2ccccc2)cc1.O=C(O)c1ccc(-c2ccccc2)cc1. The third-order valence-corrected chi connectivity index (χ3v) is 11.6. The number of aromatic carboxylic acids is 1. The highest BCUT2D eigenvalue weighted by molar-refractivity contribution is 15.0. The van der Waals surface area contributed by atoms with Gasteiger partial charge in [0, 0.05) is 55.8 Å². The fraction of sp³-hybridized carbons (Fsp3) is 0.296. The molecule has 0 radical (unpaired) electrons. The number of hydrogen-bond acceptors (Lipinski definition) is 5. The van der Waals surface area contributed by atoms with Crippen LogP contribution in [0.1, 0.15) is 88.9 Å². The summed E-state index contributed by atoms with van der Waals surface area (Å²) in [6, 6.07) is 52.0. The smallest absolute Gasteiger partial charge is 0.335 e. The zero-order chi connectivity index (χ0) is 43.4. The van der Waals surface area contributed by atoms with Gasteiger partial charge in [-0.1, -0.05) is 153 Å². The number of hydrogen-bond donors (Lipinski definition) is 4. The second-order valence-corrected chi connectivity index (χ2v) is 15.9. The maximum atomic E-state index is 12.5. The van der Waals surface area contributed by atoms with Crippen LogP contribution < -0.4 is 5.73 Å². The van der Waals surface area contributed by atoms with Crippen LogP contribution in [0.3, 0.4) is 0 Å². The predicted molar refractivity (Wildman–Crippen MR) is 273 cm³/mol. The van der Waals surface area contributed by atoms with Gasteiger partial charge in [0.15, 0.2) is 5.78 Å². The van der Waals surface area contributed by atoms with Crippen molar-refractivity contribution in [1.82, 2.24) is 0 Å². The van der Waals surface area contributed by atoms with E-state index in [4.69, 9.17) is 10.8 Å². The first-order valence-electron chi connectivity index (χ1n) is 21.2. The van der Waals surface area contributed by atoms with E-state index >= 15 is 0 Å². The third-order valence-electron chi connectivity index (χ3n) is 11.6. The van der Waals surface area contributed by atoms with Crippen LogP contribution in [0.4, 0.5) is 0 Å². The summed E-state index contributed by atoms with van der Waals surface area (Å²) in [4.78, 5) is 23.1. The Labute approximate surface area is 392 Å². The van der Waals surface area contributed by atoms with Gasteiger partial charge < -0.3 is 21.1 Å². The minimum Gasteiger partial charge on any atom is -0.478 e. The molecule has 2 aliphatic carbocycles. The van der Waals surface area contributed by atoms with Crippen molar-refractivity contribution in [3.63, 3.8) is 0 Å². The molecule has 2 atom stereocenters. The first kappa shape index (κ1) is 50.4. The average molecular weight is 1060 g/mol. The first-order valence-corrected chi connectivity index (χ1v) is 27.5. The molecule has 0 saturated heterocycles. The fourth-order valence-electron chi connectivity index (χ4n) is 8.18. The lowest BCUT2D eigenvalue weighted by atomic mass is 9.95. The summed E-state index contributed by atoms with van der Waals surface area (Å²) in [6.07, 6.45) is 8.55. The molecule has 5 N–H and O–H groups in total. The Morgan fingerprint density at radius 2 is 0.839 bits per heavy atom. The Hall–Kier alpha value is -4.20. The zero-order valence-corrected chi connectivity index (χ0v) is 38.9. The largest absolute Gasteiger partial charge is 0.478 e. The summed E-state index contributed by atoms with van der Waals surface area (Å²) < 4.78 is 0. The van der Waals surface area contributed by atoms with E-state index in [1.165, 1.54) is 35.1 Å². The number of halogens is 2. The van der Waals surface area contributed by atoms with E-state index in [0.717, 1.165) is 66.3 Å². The molecule has 0 fully saturated rings. The average Bonchev–Trinajstić information content (AvgIpc) is 3.95. The predicted octanol–water partition coefficient (Wildman–Crippen LogP) is 12.8.